The Bertz CT molecular complexity index is 568. The number of ether oxygens (including phenoxy) is 1. The van der Waals surface area contributed by atoms with Crippen LogP contribution in [-0.4, -0.2) is 25.2 Å². The molecule has 1 N–H and O–H groups in total. The van der Waals surface area contributed by atoms with Gasteiger partial charge in [-0.2, -0.15) is 0 Å². The van der Waals surface area contributed by atoms with Crippen molar-refractivity contribution in [1.29, 1.82) is 0 Å². The second-order valence-electron chi connectivity index (χ2n) is 5.51. The maximum Gasteiger partial charge on any atom is 0.0708 e. The van der Waals surface area contributed by atoms with Crippen molar-refractivity contribution in [3.63, 3.8) is 0 Å². The van der Waals surface area contributed by atoms with E-state index in [1.807, 2.05) is 0 Å². The van der Waals surface area contributed by atoms with Crippen molar-refractivity contribution in [1.82, 2.24) is 10.3 Å². The number of hydrogen-bond acceptors (Lipinski definition) is 3. The monoisotopic (exact) mass is 286 g/mol. The summed E-state index contributed by atoms with van der Waals surface area (Å²) in [5, 5.41) is 4.94. The lowest BCUT2D eigenvalue weighted by atomic mass is 9.97. The number of rotatable bonds is 8. The average molecular weight is 286 g/mol. The SMILES string of the molecule is CCCNC(CCCOC)c1cc(C)nc2ccccc12. The van der Waals surface area contributed by atoms with Crippen molar-refractivity contribution in [2.24, 2.45) is 0 Å². The molecule has 1 heterocycles. The molecule has 0 aliphatic rings. The third-order valence-electron chi connectivity index (χ3n) is 3.73. The number of methoxy groups -OCH3 is 1. The second kappa shape index (κ2) is 8.11. The summed E-state index contributed by atoms with van der Waals surface area (Å²) in [4.78, 5) is 4.64. The molecule has 0 amide bonds. The zero-order valence-electron chi connectivity index (χ0n) is 13.4. The molecule has 2 aromatic rings. The number of aryl methyl sites for hydroxylation is 1. The first-order chi connectivity index (χ1) is 10.3. The normalized spacial score (nSPS) is 12.7. The van der Waals surface area contributed by atoms with Crippen molar-refractivity contribution in [2.75, 3.05) is 20.3 Å². The van der Waals surface area contributed by atoms with Crippen LogP contribution in [-0.2, 0) is 4.74 Å². The lowest BCUT2D eigenvalue weighted by Gasteiger charge is -2.21. The van der Waals surface area contributed by atoms with Gasteiger partial charge < -0.3 is 10.1 Å². The van der Waals surface area contributed by atoms with Crippen LogP contribution in [0.3, 0.4) is 0 Å². The lowest BCUT2D eigenvalue weighted by molar-refractivity contribution is 0.189. The van der Waals surface area contributed by atoms with Gasteiger partial charge in [-0.25, -0.2) is 0 Å². The summed E-state index contributed by atoms with van der Waals surface area (Å²) in [7, 11) is 1.76. The molecule has 1 aromatic carbocycles. The Morgan fingerprint density at radius 1 is 1.29 bits per heavy atom. The van der Waals surface area contributed by atoms with Gasteiger partial charge in [0.25, 0.3) is 0 Å². The minimum atomic E-state index is 0.367. The van der Waals surface area contributed by atoms with Crippen LogP contribution < -0.4 is 5.32 Å². The highest BCUT2D eigenvalue weighted by molar-refractivity contribution is 5.82. The zero-order chi connectivity index (χ0) is 15.1. The third kappa shape index (κ3) is 4.26. The minimum Gasteiger partial charge on any atom is -0.385 e. The van der Waals surface area contributed by atoms with E-state index >= 15 is 0 Å². The average Bonchev–Trinajstić information content (AvgIpc) is 2.50. The number of pyridine rings is 1. The molecule has 0 bridgehead atoms. The Hall–Kier alpha value is -1.45. The molecule has 0 spiro atoms. The molecule has 1 aromatic heterocycles. The Morgan fingerprint density at radius 2 is 2.10 bits per heavy atom. The summed E-state index contributed by atoms with van der Waals surface area (Å²) >= 11 is 0. The predicted octanol–water partition coefficient (Wildman–Crippen LogP) is 4.01. The van der Waals surface area contributed by atoms with E-state index in [2.05, 4.69) is 54.5 Å². The van der Waals surface area contributed by atoms with Crippen molar-refractivity contribution in [2.45, 2.75) is 39.2 Å². The van der Waals surface area contributed by atoms with Gasteiger partial charge in [-0.15, -0.1) is 0 Å². The van der Waals surface area contributed by atoms with Gasteiger partial charge >= 0.3 is 0 Å². The molecule has 0 fully saturated rings. The maximum absolute atomic E-state index is 5.20. The molecule has 1 atom stereocenters. The first kappa shape index (κ1) is 15.9. The van der Waals surface area contributed by atoms with E-state index in [-0.39, 0.29) is 0 Å². The van der Waals surface area contributed by atoms with E-state index < -0.39 is 0 Å². The van der Waals surface area contributed by atoms with Crippen molar-refractivity contribution in [3.05, 3.63) is 41.6 Å². The third-order valence-corrected chi connectivity index (χ3v) is 3.73. The maximum atomic E-state index is 5.20. The summed E-state index contributed by atoms with van der Waals surface area (Å²) in [6, 6.07) is 11.0. The van der Waals surface area contributed by atoms with Crippen molar-refractivity contribution < 1.29 is 4.74 Å². The van der Waals surface area contributed by atoms with E-state index in [1.165, 1.54) is 10.9 Å². The van der Waals surface area contributed by atoms with Gasteiger partial charge in [0.2, 0.25) is 0 Å². The summed E-state index contributed by atoms with van der Waals surface area (Å²) < 4.78 is 5.20. The number of fused-ring (bicyclic) bond motifs is 1. The van der Waals surface area contributed by atoms with Crippen LogP contribution in [0.5, 0.6) is 0 Å². The molecule has 3 heteroatoms. The van der Waals surface area contributed by atoms with E-state index in [0.717, 1.165) is 43.6 Å². The van der Waals surface area contributed by atoms with Crippen LogP contribution in [0.15, 0.2) is 30.3 Å². The molecule has 0 saturated heterocycles. The van der Waals surface area contributed by atoms with Crippen molar-refractivity contribution >= 4 is 10.9 Å². The first-order valence-corrected chi connectivity index (χ1v) is 7.85. The topological polar surface area (TPSA) is 34.1 Å². The molecule has 114 valence electrons. The van der Waals surface area contributed by atoms with E-state index in [0.29, 0.717) is 6.04 Å². The van der Waals surface area contributed by atoms with Gasteiger partial charge in [-0.05, 0) is 50.4 Å². The fourth-order valence-corrected chi connectivity index (χ4v) is 2.75. The van der Waals surface area contributed by atoms with Crippen LogP contribution in [0.1, 0.15) is 43.5 Å². The van der Waals surface area contributed by atoms with Crippen LogP contribution in [0.25, 0.3) is 10.9 Å². The molecule has 0 saturated carbocycles. The largest absolute Gasteiger partial charge is 0.385 e. The number of nitrogens with zero attached hydrogens (tertiary/aromatic N) is 1. The molecule has 21 heavy (non-hydrogen) atoms. The number of aromatic nitrogens is 1. The van der Waals surface area contributed by atoms with Gasteiger partial charge in [-0.3, -0.25) is 4.98 Å². The number of para-hydroxylation sites is 1. The van der Waals surface area contributed by atoms with Crippen LogP contribution in [0, 0.1) is 6.92 Å². The Labute approximate surface area is 127 Å². The quantitative estimate of drug-likeness (QED) is 0.744. The van der Waals surface area contributed by atoms with Gasteiger partial charge in [0.05, 0.1) is 5.52 Å². The van der Waals surface area contributed by atoms with Gasteiger partial charge in [0.15, 0.2) is 0 Å². The summed E-state index contributed by atoms with van der Waals surface area (Å²) in [5.74, 6) is 0. The van der Waals surface area contributed by atoms with Crippen LogP contribution in [0.4, 0.5) is 0 Å². The molecular weight excluding hydrogens is 260 g/mol. The Balaban J connectivity index is 2.33. The highest BCUT2D eigenvalue weighted by atomic mass is 16.5. The molecule has 1 unspecified atom stereocenters. The zero-order valence-corrected chi connectivity index (χ0v) is 13.4. The number of hydrogen-bond donors (Lipinski definition) is 1. The Kier molecular flexibility index (Phi) is 6.15. The number of benzene rings is 1. The first-order valence-electron chi connectivity index (χ1n) is 7.85. The molecule has 2 rings (SSSR count). The highest BCUT2D eigenvalue weighted by Crippen LogP contribution is 2.27. The lowest BCUT2D eigenvalue weighted by Crippen LogP contribution is -2.23. The Morgan fingerprint density at radius 3 is 2.86 bits per heavy atom. The van der Waals surface area contributed by atoms with E-state index in [1.54, 1.807) is 7.11 Å². The van der Waals surface area contributed by atoms with Gasteiger partial charge in [0, 0.05) is 30.8 Å². The number of nitrogens with one attached hydrogen (secondary N) is 1. The summed E-state index contributed by atoms with van der Waals surface area (Å²) in [5.41, 5.74) is 3.53. The van der Waals surface area contributed by atoms with Gasteiger partial charge in [-0.1, -0.05) is 25.1 Å². The van der Waals surface area contributed by atoms with E-state index in [9.17, 15) is 0 Å². The molecule has 3 nitrogen and oxygen atoms in total. The van der Waals surface area contributed by atoms with Crippen molar-refractivity contribution in [3.8, 4) is 0 Å². The summed E-state index contributed by atoms with van der Waals surface area (Å²) in [6.45, 7) is 6.12. The van der Waals surface area contributed by atoms with Gasteiger partial charge in [0.1, 0.15) is 0 Å². The highest BCUT2D eigenvalue weighted by Gasteiger charge is 2.14. The molecular formula is C18H26N2O. The van der Waals surface area contributed by atoms with E-state index in [4.69, 9.17) is 4.74 Å². The fraction of sp³-hybridized carbons (Fsp3) is 0.500. The molecule has 0 radical (unpaired) electrons. The van der Waals surface area contributed by atoms with Crippen LogP contribution in [0.2, 0.25) is 0 Å². The molecule has 0 aliphatic carbocycles. The smallest absolute Gasteiger partial charge is 0.0708 e. The minimum absolute atomic E-state index is 0.367. The van der Waals surface area contributed by atoms with Crippen LogP contribution >= 0.6 is 0 Å². The summed E-state index contributed by atoms with van der Waals surface area (Å²) in [6.07, 6.45) is 3.29. The molecule has 0 aliphatic heterocycles. The standard InChI is InChI=1S/C18H26N2O/c1-4-11-19-17(10-7-12-21-3)16-13-14(2)20-18-9-6-5-8-15(16)18/h5-6,8-9,13,17,19H,4,7,10-12H2,1-3H3. The predicted molar refractivity (Wildman–Crippen MR) is 88.6 cm³/mol. The fourth-order valence-electron chi connectivity index (χ4n) is 2.75. The second-order valence-corrected chi connectivity index (χ2v) is 5.51.